The summed E-state index contributed by atoms with van der Waals surface area (Å²) in [6.07, 6.45) is 2.08. The first-order chi connectivity index (χ1) is 10.2. The highest BCUT2D eigenvalue weighted by Gasteiger charge is 2.33. The Labute approximate surface area is 139 Å². The summed E-state index contributed by atoms with van der Waals surface area (Å²) in [5.74, 6) is -0.0253. The van der Waals surface area contributed by atoms with Gasteiger partial charge in [-0.3, -0.25) is 4.79 Å². The van der Waals surface area contributed by atoms with Gasteiger partial charge in [0.2, 0.25) is 5.91 Å². The van der Waals surface area contributed by atoms with E-state index in [-0.39, 0.29) is 29.6 Å². The third kappa shape index (κ3) is 4.97. The number of ether oxygens (including phenoxy) is 1. The second-order valence-electron chi connectivity index (χ2n) is 6.03. The predicted molar refractivity (Wildman–Crippen MR) is 91.5 cm³/mol. The van der Waals surface area contributed by atoms with Gasteiger partial charge in [-0.25, -0.2) is 0 Å². The van der Waals surface area contributed by atoms with Crippen molar-refractivity contribution < 1.29 is 9.53 Å². The average molecular weight is 327 g/mol. The lowest BCUT2D eigenvalue weighted by molar-refractivity contribution is -0.123. The SMILES string of the molecule is COCC1(CNC(=O)C(C)c2ccccc2)CCNCC1.Cl. The number of carbonyl (C=O) groups is 1. The minimum absolute atomic E-state index is 0. The zero-order valence-corrected chi connectivity index (χ0v) is 14.2. The van der Waals surface area contributed by atoms with Crippen LogP contribution in [0.1, 0.15) is 31.2 Å². The molecule has 1 aliphatic rings. The summed E-state index contributed by atoms with van der Waals surface area (Å²) in [7, 11) is 1.73. The fourth-order valence-corrected chi connectivity index (χ4v) is 2.96. The number of halogens is 1. The third-order valence-corrected chi connectivity index (χ3v) is 4.45. The van der Waals surface area contributed by atoms with E-state index >= 15 is 0 Å². The molecule has 1 aromatic rings. The molecule has 1 heterocycles. The van der Waals surface area contributed by atoms with Crippen LogP contribution in [0, 0.1) is 5.41 Å². The Morgan fingerprint density at radius 2 is 1.95 bits per heavy atom. The molecule has 1 amide bonds. The molecule has 1 aliphatic heterocycles. The molecule has 1 unspecified atom stereocenters. The molecule has 0 aliphatic carbocycles. The summed E-state index contributed by atoms with van der Waals surface area (Å²) >= 11 is 0. The smallest absolute Gasteiger partial charge is 0.227 e. The van der Waals surface area contributed by atoms with Gasteiger partial charge in [0, 0.05) is 19.1 Å². The topological polar surface area (TPSA) is 50.4 Å². The van der Waals surface area contributed by atoms with Crippen molar-refractivity contribution in [2.75, 3.05) is 33.4 Å². The highest BCUT2D eigenvalue weighted by Crippen LogP contribution is 2.28. The van der Waals surface area contributed by atoms with Crippen molar-refractivity contribution in [1.29, 1.82) is 0 Å². The van der Waals surface area contributed by atoms with Crippen LogP contribution in [0.15, 0.2) is 30.3 Å². The Morgan fingerprint density at radius 1 is 1.32 bits per heavy atom. The van der Waals surface area contributed by atoms with Gasteiger partial charge < -0.3 is 15.4 Å². The van der Waals surface area contributed by atoms with Crippen molar-refractivity contribution in [2.45, 2.75) is 25.7 Å². The van der Waals surface area contributed by atoms with Crippen molar-refractivity contribution in [1.82, 2.24) is 10.6 Å². The Balaban J connectivity index is 0.00000242. The number of rotatable bonds is 6. The molecule has 2 N–H and O–H groups in total. The van der Waals surface area contributed by atoms with E-state index < -0.39 is 0 Å². The zero-order chi connectivity index (χ0) is 15.1. The van der Waals surface area contributed by atoms with E-state index in [0.717, 1.165) is 31.5 Å². The highest BCUT2D eigenvalue weighted by atomic mass is 35.5. The van der Waals surface area contributed by atoms with Gasteiger partial charge in [-0.2, -0.15) is 0 Å². The summed E-state index contributed by atoms with van der Waals surface area (Å²) in [5.41, 5.74) is 1.13. The Bertz CT molecular complexity index is 442. The molecule has 2 rings (SSSR count). The molecule has 22 heavy (non-hydrogen) atoms. The number of benzene rings is 1. The van der Waals surface area contributed by atoms with Crippen LogP contribution in [0.2, 0.25) is 0 Å². The first kappa shape index (κ1) is 18.9. The predicted octanol–water partition coefficient (Wildman–Crippen LogP) is 2.34. The molecule has 1 saturated heterocycles. The van der Waals surface area contributed by atoms with Gasteiger partial charge in [-0.1, -0.05) is 30.3 Å². The molecular formula is C17H27ClN2O2. The van der Waals surface area contributed by atoms with Gasteiger partial charge in [-0.15, -0.1) is 12.4 Å². The highest BCUT2D eigenvalue weighted by molar-refractivity contribution is 5.85. The van der Waals surface area contributed by atoms with Gasteiger partial charge in [-0.05, 0) is 38.4 Å². The van der Waals surface area contributed by atoms with E-state index in [4.69, 9.17) is 4.74 Å². The quantitative estimate of drug-likeness (QED) is 0.843. The van der Waals surface area contributed by atoms with E-state index in [9.17, 15) is 4.79 Å². The normalized spacial score (nSPS) is 18.1. The maximum Gasteiger partial charge on any atom is 0.227 e. The molecule has 124 valence electrons. The molecule has 1 aromatic carbocycles. The Kier molecular flexibility index (Phi) is 7.87. The van der Waals surface area contributed by atoms with Crippen LogP contribution in [-0.4, -0.2) is 39.3 Å². The van der Waals surface area contributed by atoms with Gasteiger partial charge in [0.05, 0.1) is 12.5 Å². The zero-order valence-electron chi connectivity index (χ0n) is 13.4. The Morgan fingerprint density at radius 3 is 2.55 bits per heavy atom. The lowest BCUT2D eigenvalue weighted by Gasteiger charge is -2.37. The molecule has 1 fully saturated rings. The Hall–Kier alpha value is -1.10. The lowest BCUT2D eigenvalue weighted by Crippen LogP contribution is -2.47. The van der Waals surface area contributed by atoms with Crippen LogP contribution in [-0.2, 0) is 9.53 Å². The first-order valence-electron chi connectivity index (χ1n) is 7.69. The van der Waals surface area contributed by atoms with Crippen LogP contribution in [0.4, 0.5) is 0 Å². The number of methoxy groups -OCH3 is 1. The molecule has 0 radical (unpaired) electrons. The number of hydrogen-bond acceptors (Lipinski definition) is 3. The van der Waals surface area contributed by atoms with Gasteiger partial charge >= 0.3 is 0 Å². The summed E-state index contributed by atoms with van der Waals surface area (Å²) < 4.78 is 5.38. The monoisotopic (exact) mass is 326 g/mol. The van der Waals surface area contributed by atoms with Crippen LogP contribution in [0.5, 0.6) is 0 Å². The third-order valence-electron chi connectivity index (χ3n) is 4.45. The van der Waals surface area contributed by atoms with Crippen LogP contribution < -0.4 is 10.6 Å². The minimum Gasteiger partial charge on any atom is -0.384 e. The second kappa shape index (κ2) is 9.13. The number of carbonyl (C=O) groups excluding carboxylic acids is 1. The van der Waals surface area contributed by atoms with Crippen molar-refractivity contribution in [3.05, 3.63) is 35.9 Å². The first-order valence-corrected chi connectivity index (χ1v) is 7.69. The van der Waals surface area contributed by atoms with Gasteiger partial charge in [0.15, 0.2) is 0 Å². The van der Waals surface area contributed by atoms with E-state index in [0.29, 0.717) is 13.2 Å². The second-order valence-corrected chi connectivity index (χ2v) is 6.03. The molecule has 0 aromatic heterocycles. The molecule has 0 saturated carbocycles. The standard InChI is InChI=1S/C17H26N2O2.ClH/c1-14(15-6-4-3-5-7-15)16(20)19-12-17(13-21-2)8-10-18-11-9-17;/h3-7,14,18H,8-13H2,1-2H3,(H,19,20);1H. The molecular weight excluding hydrogens is 300 g/mol. The largest absolute Gasteiger partial charge is 0.384 e. The lowest BCUT2D eigenvalue weighted by atomic mass is 9.79. The maximum absolute atomic E-state index is 12.4. The van der Waals surface area contributed by atoms with Crippen molar-refractivity contribution in [3.8, 4) is 0 Å². The van der Waals surface area contributed by atoms with E-state index in [2.05, 4.69) is 10.6 Å². The maximum atomic E-state index is 12.4. The fourth-order valence-electron chi connectivity index (χ4n) is 2.96. The summed E-state index contributed by atoms with van der Waals surface area (Å²) in [4.78, 5) is 12.4. The van der Waals surface area contributed by atoms with E-state index in [1.54, 1.807) is 7.11 Å². The summed E-state index contributed by atoms with van der Waals surface area (Å²) in [6, 6.07) is 9.91. The number of amides is 1. The van der Waals surface area contributed by atoms with E-state index in [1.807, 2.05) is 37.3 Å². The van der Waals surface area contributed by atoms with Gasteiger partial charge in [0.1, 0.15) is 0 Å². The fraction of sp³-hybridized carbons (Fsp3) is 0.588. The van der Waals surface area contributed by atoms with Crippen LogP contribution in [0.25, 0.3) is 0 Å². The molecule has 4 nitrogen and oxygen atoms in total. The number of nitrogens with one attached hydrogen (secondary N) is 2. The van der Waals surface area contributed by atoms with E-state index in [1.165, 1.54) is 0 Å². The summed E-state index contributed by atoms with van der Waals surface area (Å²) in [6.45, 7) is 5.34. The summed E-state index contributed by atoms with van der Waals surface area (Å²) in [5, 5.41) is 6.50. The minimum atomic E-state index is -0.118. The molecule has 0 bridgehead atoms. The molecule has 5 heteroatoms. The van der Waals surface area contributed by atoms with Gasteiger partial charge in [0.25, 0.3) is 0 Å². The number of piperidine rings is 1. The van der Waals surface area contributed by atoms with Crippen LogP contribution in [0.3, 0.4) is 0 Å². The van der Waals surface area contributed by atoms with Crippen molar-refractivity contribution in [3.63, 3.8) is 0 Å². The average Bonchev–Trinajstić information content (AvgIpc) is 2.54. The molecule has 1 atom stereocenters. The number of hydrogen-bond donors (Lipinski definition) is 2. The van der Waals surface area contributed by atoms with Crippen molar-refractivity contribution in [2.24, 2.45) is 5.41 Å². The molecule has 0 spiro atoms. The van der Waals surface area contributed by atoms with Crippen molar-refractivity contribution >= 4 is 18.3 Å². The van der Waals surface area contributed by atoms with Crippen LogP contribution >= 0.6 is 12.4 Å².